The minimum atomic E-state index is -3.10. The third kappa shape index (κ3) is 4.76. The summed E-state index contributed by atoms with van der Waals surface area (Å²) in [7, 11) is -3.10. The minimum Gasteiger partial charge on any atom is -0.296 e. The summed E-state index contributed by atoms with van der Waals surface area (Å²) in [5, 5.41) is 0. The first-order valence-corrected chi connectivity index (χ1v) is 9.07. The highest BCUT2D eigenvalue weighted by Gasteiger charge is 2.26. The van der Waals surface area contributed by atoms with Gasteiger partial charge >= 0.3 is 0 Å². The van der Waals surface area contributed by atoms with Gasteiger partial charge in [0.1, 0.15) is 5.82 Å². The van der Waals surface area contributed by atoms with Gasteiger partial charge in [-0.15, -0.1) is 0 Å². The van der Waals surface area contributed by atoms with Crippen molar-refractivity contribution in [2.24, 2.45) is 0 Å². The van der Waals surface area contributed by atoms with E-state index in [4.69, 9.17) is 0 Å². The second-order valence-electron chi connectivity index (χ2n) is 5.47. The van der Waals surface area contributed by atoms with Crippen molar-refractivity contribution in [3.8, 4) is 0 Å². The summed E-state index contributed by atoms with van der Waals surface area (Å²) in [4.78, 5) is 2.17. The van der Waals surface area contributed by atoms with Crippen LogP contribution in [0.4, 0.5) is 4.39 Å². The van der Waals surface area contributed by atoms with Gasteiger partial charge in [0, 0.05) is 32.7 Å². The molecule has 1 aromatic rings. The van der Waals surface area contributed by atoms with Crippen LogP contribution in [-0.4, -0.2) is 49.6 Å². The molecule has 0 aliphatic carbocycles. The Balaban J connectivity index is 1.86. The van der Waals surface area contributed by atoms with Gasteiger partial charge in [-0.2, -0.15) is 4.31 Å². The van der Waals surface area contributed by atoms with Gasteiger partial charge in [0.05, 0.1) is 5.75 Å². The fraction of sp³-hybridized carbons (Fsp3) is 0.600. The smallest absolute Gasteiger partial charge is 0.214 e. The molecule has 118 valence electrons. The molecule has 0 saturated carbocycles. The molecular formula is C15H23FN2O2S. The molecule has 6 heteroatoms. The van der Waals surface area contributed by atoms with E-state index < -0.39 is 10.0 Å². The third-order valence-corrected chi connectivity index (χ3v) is 5.73. The molecule has 0 aromatic heterocycles. The van der Waals surface area contributed by atoms with Crippen molar-refractivity contribution in [1.82, 2.24) is 9.21 Å². The highest BCUT2D eigenvalue weighted by Crippen LogP contribution is 2.13. The van der Waals surface area contributed by atoms with Crippen LogP contribution < -0.4 is 0 Å². The van der Waals surface area contributed by atoms with E-state index in [9.17, 15) is 12.8 Å². The predicted molar refractivity (Wildman–Crippen MR) is 81.9 cm³/mol. The number of nitrogens with zero attached hydrogens (tertiary/aromatic N) is 2. The average Bonchev–Trinajstić information content (AvgIpc) is 2.46. The van der Waals surface area contributed by atoms with Crippen molar-refractivity contribution in [2.45, 2.75) is 26.3 Å². The number of hydrogen-bond donors (Lipinski definition) is 0. The Bertz CT molecular complexity index is 555. The lowest BCUT2D eigenvalue weighted by atomic mass is 10.2. The van der Waals surface area contributed by atoms with E-state index in [1.807, 2.05) is 13.0 Å². The number of piperazine rings is 1. The van der Waals surface area contributed by atoms with Gasteiger partial charge in [0.25, 0.3) is 0 Å². The van der Waals surface area contributed by atoms with Crippen LogP contribution in [0.2, 0.25) is 0 Å². The van der Waals surface area contributed by atoms with Crippen molar-refractivity contribution in [3.63, 3.8) is 0 Å². The van der Waals surface area contributed by atoms with E-state index in [0.29, 0.717) is 39.1 Å². The van der Waals surface area contributed by atoms with E-state index in [0.717, 1.165) is 12.0 Å². The largest absolute Gasteiger partial charge is 0.296 e. The zero-order valence-electron chi connectivity index (χ0n) is 12.5. The van der Waals surface area contributed by atoms with Gasteiger partial charge in [-0.05, 0) is 24.1 Å². The van der Waals surface area contributed by atoms with Crippen molar-refractivity contribution in [3.05, 3.63) is 35.6 Å². The summed E-state index contributed by atoms with van der Waals surface area (Å²) in [5.41, 5.74) is 0.928. The SMILES string of the molecule is CCCCS(=O)(=O)N1CCN(Cc2cccc(F)c2)CC1. The van der Waals surface area contributed by atoms with E-state index in [2.05, 4.69) is 4.90 Å². The van der Waals surface area contributed by atoms with Gasteiger partial charge in [-0.25, -0.2) is 12.8 Å². The van der Waals surface area contributed by atoms with E-state index in [-0.39, 0.29) is 11.6 Å². The highest BCUT2D eigenvalue weighted by molar-refractivity contribution is 7.89. The Hall–Kier alpha value is -0.980. The Morgan fingerprint density at radius 3 is 2.52 bits per heavy atom. The fourth-order valence-corrected chi connectivity index (χ4v) is 4.15. The standard InChI is InChI=1S/C15H23FN2O2S/c1-2-3-11-21(19,20)18-9-7-17(8-10-18)13-14-5-4-6-15(16)12-14/h4-6,12H,2-3,7-11,13H2,1H3. The molecule has 1 heterocycles. The van der Waals surface area contributed by atoms with Gasteiger partial charge < -0.3 is 0 Å². The quantitative estimate of drug-likeness (QED) is 0.807. The number of sulfonamides is 1. The Kier molecular flexibility index (Phi) is 5.72. The summed E-state index contributed by atoms with van der Waals surface area (Å²) in [6.07, 6.45) is 1.60. The van der Waals surface area contributed by atoms with Crippen LogP contribution in [0.5, 0.6) is 0 Å². The molecule has 0 bridgehead atoms. The molecular weight excluding hydrogens is 291 g/mol. The van der Waals surface area contributed by atoms with Gasteiger partial charge in [0.15, 0.2) is 0 Å². The van der Waals surface area contributed by atoms with Crippen LogP contribution in [0.3, 0.4) is 0 Å². The maximum absolute atomic E-state index is 13.2. The van der Waals surface area contributed by atoms with Crippen molar-refractivity contribution in [2.75, 3.05) is 31.9 Å². The predicted octanol–water partition coefficient (Wildman–Crippen LogP) is 2.07. The van der Waals surface area contributed by atoms with Gasteiger partial charge in [-0.3, -0.25) is 4.90 Å². The normalized spacial score (nSPS) is 18.0. The number of unbranched alkanes of at least 4 members (excludes halogenated alkanes) is 1. The summed E-state index contributed by atoms with van der Waals surface area (Å²) in [6.45, 7) is 5.11. The molecule has 0 unspecified atom stereocenters. The molecule has 0 spiro atoms. The molecule has 2 rings (SSSR count). The monoisotopic (exact) mass is 314 g/mol. The molecule has 1 saturated heterocycles. The second-order valence-corrected chi connectivity index (χ2v) is 7.56. The lowest BCUT2D eigenvalue weighted by Crippen LogP contribution is -2.48. The van der Waals surface area contributed by atoms with Crippen molar-refractivity contribution < 1.29 is 12.8 Å². The Labute approximate surface area is 126 Å². The summed E-state index contributed by atoms with van der Waals surface area (Å²) in [5.74, 6) is 0.0150. The van der Waals surface area contributed by atoms with E-state index in [1.54, 1.807) is 10.4 Å². The van der Waals surface area contributed by atoms with Gasteiger partial charge in [-0.1, -0.05) is 25.5 Å². The molecule has 1 aliphatic heterocycles. The van der Waals surface area contributed by atoms with Crippen LogP contribution in [0.1, 0.15) is 25.3 Å². The lowest BCUT2D eigenvalue weighted by molar-refractivity contribution is 0.181. The zero-order chi connectivity index (χ0) is 15.3. The maximum Gasteiger partial charge on any atom is 0.214 e. The van der Waals surface area contributed by atoms with Crippen LogP contribution in [0, 0.1) is 5.82 Å². The van der Waals surface area contributed by atoms with E-state index in [1.165, 1.54) is 12.1 Å². The molecule has 1 aliphatic rings. The van der Waals surface area contributed by atoms with E-state index >= 15 is 0 Å². The van der Waals surface area contributed by atoms with Crippen molar-refractivity contribution >= 4 is 10.0 Å². The van der Waals surface area contributed by atoms with Crippen LogP contribution in [0.15, 0.2) is 24.3 Å². The first-order valence-electron chi connectivity index (χ1n) is 7.46. The average molecular weight is 314 g/mol. The number of halogens is 1. The minimum absolute atomic E-state index is 0.228. The number of hydrogen-bond acceptors (Lipinski definition) is 3. The molecule has 0 atom stereocenters. The molecule has 0 radical (unpaired) electrons. The first-order chi connectivity index (χ1) is 10.0. The second kappa shape index (κ2) is 7.33. The molecule has 0 amide bonds. The first kappa shape index (κ1) is 16.4. The maximum atomic E-state index is 13.2. The van der Waals surface area contributed by atoms with Crippen LogP contribution >= 0.6 is 0 Å². The molecule has 21 heavy (non-hydrogen) atoms. The topological polar surface area (TPSA) is 40.6 Å². The third-order valence-electron chi connectivity index (χ3n) is 3.78. The number of benzene rings is 1. The molecule has 1 aromatic carbocycles. The fourth-order valence-electron chi connectivity index (χ4n) is 2.52. The van der Waals surface area contributed by atoms with Crippen LogP contribution in [0.25, 0.3) is 0 Å². The molecule has 4 nitrogen and oxygen atoms in total. The lowest BCUT2D eigenvalue weighted by Gasteiger charge is -2.34. The summed E-state index contributed by atoms with van der Waals surface area (Å²) in [6, 6.07) is 6.57. The summed E-state index contributed by atoms with van der Waals surface area (Å²) < 4.78 is 39.0. The zero-order valence-corrected chi connectivity index (χ0v) is 13.3. The van der Waals surface area contributed by atoms with Crippen LogP contribution in [-0.2, 0) is 16.6 Å². The number of rotatable bonds is 6. The highest BCUT2D eigenvalue weighted by atomic mass is 32.2. The summed E-state index contributed by atoms with van der Waals surface area (Å²) >= 11 is 0. The Morgan fingerprint density at radius 1 is 1.19 bits per heavy atom. The molecule has 1 fully saturated rings. The molecule has 0 N–H and O–H groups in total. The van der Waals surface area contributed by atoms with Gasteiger partial charge in [0.2, 0.25) is 10.0 Å². The van der Waals surface area contributed by atoms with Crippen molar-refractivity contribution in [1.29, 1.82) is 0 Å². The Morgan fingerprint density at radius 2 is 1.90 bits per heavy atom.